The summed E-state index contributed by atoms with van der Waals surface area (Å²) in [7, 11) is 1.70. The van der Waals surface area contributed by atoms with E-state index in [1.54, 1.807) is 7.11 Å². The summed E-state index contributed by atoms with van der Waals surface area (Å²) in [5, 5.41) is 0. The van der Waals surface area contributed by atoms with Crippen LogP contribution in [0, 0.1) is 0 Å². The lowest BCUT2D eigenvalue weighted by Gasteiger charge is -2.26. The van der Waals surface area contributed by atoms with Crippen LogP contribution in [-0.2, 0) is 4.74 Å². The smallest absolute Gasteiger partial charge is 0.124 e. The third kappa shape index (κ3) is 3.43. The van der Waals surface area contributed by atoms with Crippen molar-refractivity contribution in [1.29, 1.82) is 0 Å². The molecule has 96 valence electrons. The van der Waals surface area contributed by atoms with E-state index in [2.05, 4.69) is 12.3 Å². The van der Waals surface area contributed by atoms with Gasteiger partial charge in [0.15, 0.2) is 0 Å². The summed E-state index contributed by atoms with van der Waals surface area (Å²) >= 11 is 0. The van der Waals surface area contributed by atoms with Crippen molar-refractivity contribution in [3.05, 3.63) is 29.8 Å². The Hall–Kier alpha value is -1.10. The van der Waals surface area contributed by atoms with Crippen LogP contribution in [0.25, 0.3) is 0 Å². The molecule has 2 unspecified atom stereocenters. The van der Waals surface area contributed by atoms with Gasteiger partial charge >= 0.3 is 0 Å². The van der Waals surface area contributed by atoms with Gasteiger partial charge in [-0.3, -0.25) is 11.3 Å². The molecule has 0 saturated carbocycles. The minimum absolute atomic E-state index is 0.0293. The maximum Gasteiger partial charge on any atom is 0.124 e. The molecule has 0 saturated heterocycles. The van der Waals surface area contributed by atoms with Gasteiger partial charge in [-0.1, -0.05) is 25.1 Å². The summed E-state index contributed by atoms with van der Waals surface area (Å²) < 4.78 is 11.0. The molecule has 0 aliphatic heterocycles. The Labute approximate surface area is 103 Å². The number of benzene rings is 1. The fourth-order valence-corrected chi connectivity index (χ4v) is 1.96. The van der Waals surface area contributed by atoms with Crippen molar-refractivity contribution in [3.8, 4) is 5.75 Å². The number of hydrogen-bond donors (Lipinski definition) is 2. The fourth-order valence-electron chi connectivity index (χ4n) is 1.96. The van der Waals surface area contributed by atoms with Crippen molar-refractivity contribution in [2.75, 3.05) is 13.7 Å². The summed E-state index contributed by atoms with van der Waals surface area (Å²) in [6.45, 7) is 4.68. The highest BCUT2D eigenvalue weighted by Gasteiger charge is 2.23. The third-order valence-corrected chi connectivity index (χ3v) is 2.81. The van der Waals surface area contributed by atoms with Gasteiger partial charge in [0.2, 0.25) is 0 Å². The molecule has 0 fully saturated rings. The quantitative estimate of drug-likeness (QED) is 0.563. The SMILES string of the molecule is CCOc1ccccc1C(NN)C(CC)OC. The molecule has 1 aromatic rings. The molecule has 0 amide bonds. The molecule has 0 aliphatic carbocycles. The molecule has 0 radical (unpaired) electrons. The van der Waals surface area contributed by atoms with Crippen molar-refractivity contribution in [2.45, 2.75) is 32.4 Å². The first kappa shape index (κ1) is 14.0. The number of nitrogens with two attached hydrogens (primary N) is 1. The van der Waals surface area contributed by atoms with Crippen LogP contribution in [0.2, 0.25) is 0 Å². The van der Waals surface area contributed by atoms with E-state index in [4.69, 9.17) is 15.3 Å². The molecule has 4 nitrogen and oxygen atoms in total. The molecule has 0 aliphatic rings. The van der Waals surface area contributed by atoms with Gasteiger partial charge in [-0.2, -0.15) is 0 Å². The molecule has 0 spiro atoms. The summed E-state index contributed by atoms with van der Waals surface area (Å²) in [6, 6.07) is 7.83. The second-order valence-corrected chi connectivity index (χ2v) is 3.80. The van der Waals surface area contributed by atoms with Crippen molar-refractivity contribution < 1.29 is 9.47 Å². The largest absolute Gasteiger partial charge is 0.494 e. The van der Waals surface area contributed by atoms with Gasteiger partial charge in [-0.15, -0.1) is 0 Å². The van der Waals surface area contributed by atoms with Crippen LogP contribution < -0.4 is 16.0 Å². The zero-order valence-electron chi connectivity index (χ0n) is 10.8. The molecule has 4 heteroatoms. The molecule has 0 bridgehead atoms. The van der Waals surface area contributed by atoms with E-state index in [0.29, 0.717) is 6.61 Å². The summed E-state index contributed by atoms with van der Waals surface area (Å²) in [4.78, 5) is 0. The number of nitrogens with one attached hydrogen (secondary N) is 1. The number of methoxy groups -OCH3 is 1. The lowest BCUT2D eigenvalue weighted by atomic mass is 9.99. The second-order valence-electron chi connectivity index (χ2n) is 3.80. The molecule has 0 aromatic heterocycles. The Morgan fingerprint density at radius 1 is 1.29 bits per heavy atom. The summed E-state index contributed by atoms with van der Waals surface area (Å²) in [5.41, 5.74) is 3.85. The minimum Gasteiger partial charge on any atom is -0.494 e. The fraction of sp³-hybridized carbons (Fsp3) is 0.538. The average molecular weight is 238 g/mol. The van der Waals surface area contributed by atoms with Crippen LogP contribution in [0.3, 0.4) is 0 Å². The number of ether oxygens (including phenoxy) is 2. The highest BCUT2D eigenvalue weighted by Crippen LogP contribution is 2.28. The van der Waals surface area contributed by atoms with Gasteiger partial charge in [-0.05, 0) is 19.4 Å². The molecule has 2 atom stereocenters. The highest BCUT2D eigenvalue weighted by atomic mass is 16.5. The average Bonchev–Trinajstić information content (AvgIpc) is 2.37. The van der Waals surface area contributed by atoms with Crippen molar-refractivity contribution in [3.63, 3.8) is 0 Å². The first-order chi connectivity index (χ1) is 8.28. The molecule has 0 heterocycles. The van der Waals surface area contributed by atoms with Gasteiger partial charge in [0.1, 0.15) is 5.75 Å². The Bertz CT molecular complexity index is 327. The van der Waals surface area contributed by atoms with Crippen LogP contribution in [0.5, 0.6) is 5.75 Å². The Morgan fingerprint density at radius 2 is 2.00 bits per heavy atom. The first-order valence-corrected chi connectivity index (χ1v) is 5.99. The van der Waals surface area contributed by atoms with Crippen LogP contribution in [0.4, 0.5) is 0 Å². The Kier molecular flexibility index (Phi) is 5.97. The molecule has 17 heavy (non-hydrogen) atoms. The van der Waals surface area contributed by atoms with Crippen LogP contribution in [0.15, 0.2) is 24.3 Å². The molecule has 1 rings (SSSR count). The van der Waals surface area contributed by atoms with E-state index in [1.807, 2.05) is 31.2 Å². The van der Waals surface area contributed by atoms with E-state index >= 15 is 0 Å². The van der Waals surface area contributed by atoms with E-state index in [0.717, 1.165) is 17.7 Å². The lowest BCUT2D eigenvalue weighted by molar-refractivity contribution is 0.0641. The topological polar surface area (TPSA) is 56.5 Å². The van der Waals surface area contributed by atoms with E-state index in [-0.39, 0.29) is 12.1 Å². The predicted octanol–water partition coefficient (Wildman–Crippen LogP) is 2.01. The lowest BCUT2D eigenvalue weighted by Crippen LogP contribution is -2.37. The van der Waals surface area contributed by atoms with Crippen LogP contribution in [-0.4, -0.2) is 19.8 Å². The first-order valence-electron chi connectivity index (χ1n) is 5.99. The zero-order valence-corrected chi connectivity index (χ0v) is 10.8. The molecule has 3 N–H and O–H groups in total. The number of para-hydroxylation sites is 1. The Balaban J connectivity index is 3.01. The normalized spacial score (nSPS) is 14.4. The molecular weight excluding hydrogens is 216 g/mol. The van der Waals surface area contributed by atoms with Crippen molar-refractivity contribution >= 4 is 0 Å². The Morgan fingerprint density at radius 3 is 2.53 bits per heavy atom. The highest BCUT2D eigenvalue weighted by molar-refractivity contribution is 5.36. The number of rotatable bonds is 7. The van der Waals surface area contributed by atoms with E-state index in [1.165, 1.54) is 0 Å². The van der Waals surface area contributed by atoms with Gasteiger partial charge in [0, 0.05) is 12.7 Å². The second kappa shape index (κ2) is 7.27. The van der Waals surface area contributed by atoms with E-state index < -0.39 is 0 Å². The molecule has 1 aromatic carbocycles. The standard InChI is InChI=1S/C13H22N2O2/c1-4-11(16-3)13(15-14)10-8-6-7-9-12(10)17-5-2/h6-9,11,13,15H,4-5,14H2,1-3H3. The molecular formula is C13H22N2O2. The predicted molar refractivity (Wildman–Crippen MR) is 68.8 cm³/mol. The minimum atomic E-state index is -0.0623. The van der Waals surface area contributed by atoms with Gasteiger partial charge < -0.3 is 9.47 Å². The van der Waals surface area contributed by atoms with Gasteiger partial charge in [0.25, 0.3) is 0 Å². The maximum absolute atomic E-state index is 5.64. The third-order valence-electron chi connectivity index (χ3n) is 2.81. The monoisotopic (exact) mass is 238 g/mol. The van der Waals surface area contributed by atoms with Gasteiger partial charge in [0.05, 0.1) is 18.8 Å². The van der Waals surface area contributed by atoms with Crippen molar-refractivity contribution in [1.82, 2.24) is 5.43 Å². The summed E-state index contributed by atoms with van der Waals surface area (Å²) in [6.07, 6.45) is 0.910. The number of hydrazine groups is 1. The zero-order chi connectivity index (χ0) is 12.7. The number of hydrogen-bond acceptors (Lipinski definition) is 4. The van der Waals surface area contributed by atoms with Crippen molar-refractivity contribution in [2.24, 2.45) is 5.84 Å². The van der Waals surface area contributed by atoms with Gasteiger partial charge in [-0.25, -0.2) is 0 Å². The van der Waals surface area contributed by atoms with Crippen LogP contribution in [0.1, 0.15) is 31.9 Å². The van der Waals surface area contributed by atoms with Crippen LogP contribution >= 0.6 is 0 Å². The maximum atomic E-state index is 5.64. The summed E-state index contributed by atoms with van der Waals surface area (Å²) in [5.74, 6) is 6.49. The van der Waals surface area contributed by atoms with E-state index in [9.17, 15) is 0 Å².